The smallest absolute Gasteiger partial charge is 0.251 e. The van der Waals surface area contributed by atoms with Gasteiger partial charge in [-0.1, -0.05) is 35.9 Å². The van der Waals surface area contributed by atoms with E-state index in [1.165, 1.54) is 5.56 Å². The minimum Gasteiger partial charge on any atom is -0.356 e. The van der Waals surface area contributed by atoms with E-state index in [4.69, 9.17) is 11.6 Å². The van der Waals surface area contributed by atoms with Crippen LogP contribution in [0, 0.1) is 0 Å². The summed E-state index contributed by atoms with van der Waals surface area (Å²) in [6, 6.07) is 15.3. The highest BCUT2D eigenvalue weighted by Gasteiger charge is 2.03. The van der Waals surface area contributed by atoms with Crippen molar-refractivity contribution in [2.24, 2.45) is 4.99 Å². The first kappa shape index (κ1) is 18.8. The number of amides is 1. The molecule has 0 unspecified atom stereocenters. The topological polar surface area (TPSA) is 65.5 Å². The predicted molar refractivity (Wildman–Crippen MR) is 103 cm³/mol. The van der Waals surface area contributed by atoms with Gasteiger partial charge < -0.3 is 16.0 Å². The third-order valence-corrected chi connectivity index (χ3v) is 3.96. The lowest BCUT2D eigenvalue weighted by atomic mass is 10.1. The second-order valence-electron chi connectivity index (χ2n) is 5.51. The molecule has 1 amide bonds. The van der Waals surface area contributed by atoms with Crippen molar-refractivity contribution in [2.75, 3.05) is 20.6 Å². The number of benzene rings is 2. The summed E-state index contributed by atoms with van der Waals surface area (Å²) in [5, 5.41) is 9.89. The van der Waals surface area contributed by atoms with Gasteiger partial charge in [0.05, 0.1) is 0 Å². The fourth-order valence-corrected chi connectivity index (χ4v) is 2.56. The number of nitrogens with one attached hydrogen (secondary N) is 3. The number of hydrogen-bond acceptors (Lipinski definition) is 2. The Morgan fingerprint density at radius 1 is 1.08 bits per heavy atom. The Hall–Kier alpha value is -2.53. The molecule has 0 aliphatic rings. The molecule has 132 valence electrons. The maximum atomic E-state index is 11.5. The molecule has 0 atom stereocenters. The van der Waals surface area contributed by atoms with Crippen LogP contribution >= 0.6 is 11.6 Å². The van der Waals surface area contributed by atoms with Crippen molar-refractivity contribution < 1.29 is 4.79 Å². The van der Waals surface area contributed by atoms with E-state index in [1.807, 2.05) is 42.5 Å². The van der Waals surface area contributed by atoms with Crippen molar-refractivity contribution in [3.05, 3.63) is 70.2 Å². The Morgan fingerprint density at radius 2 is 1.84 bits per heavy atom. The van der Waals surface area contributed by atoms with Gasteiger partial charge in [-0.05, 0) is 41.8 Å². The van der Waals surface area contributed by atoms with Crippen LogP contribution in [0.3, 0.4) is 0 Å². The molecule has 2 aromatic rings. The van der Waals surface area contributed by atoms with Gasteiger partial charge in [0, 0.05) is 37.8 Å². The van der Waals surface area contributed by atoms with Crippen molar-refractivity contribution in [3.8, 4) is 0 Å². The fourth-order valence-electron chi connectivity index (χ4n) is 2.34. The lowest BCUT2D eigenvalue weighted by Crippen LogP contribution is -2.37. The average molecular weight is 359 g/mol. The lowest BCUT2D eigenvalue weighted by molar-refractivity contribution is 0.0963. The number of nitrogens with zero attached hydrogens (tertiary/aromatic N) is 1. The van der Waals surface area contributed by atoms with E-state index in [-0.39, 0.29) is 5.91 Å². The molecule has 0 saturated carbocycles. The normalized spacial score (nSPS) is 11.1. The van der Waals surface area contributed by atoms with Gasteiger partial charge in [0.25, 0.3) is 5.91 Å². The Morgan fingerprint density at radius 3 is 2.48 bits per heavy atom. The molecule has 3 N–H and O–H groups in total. The third-order valence-electron chi connectivity index (χ3n) is 3.72. The molecule has 0 radical (unpaired) electrons. The molecule has 0 aliphatic carbocycles. The van der Waals surface area contributed by atoms with Crippen LogP contribution in [0.4, 0.5) is 0 Å². The van der Waals surface area contributed by atoms with Gasteiger partial charge in [0.15, 0.2) is 5.96 Å². The Kier molecular flexibility index (Phi) is 7.29. The van der Waals surface area contributed by atoms with Crippen LogP contribution in [0.1, 0.15) is 21.5 Å². The molecule has 2 rings (SSSR count). The average Bonchev–Trinajstić information content (AvgIpc) is 2.64. The molecule has 0 aliphatic heterocycles. The standard InChI is InChI=1S/C19H23ClN4O/c1-21-18(25)16-8-6-15(7-9-16)13-24-19(22-2)23-11-10-14-4-3-5-17(20)12-14/h3-9,12H,10-11,13H2,1-2H3,(H,21,25)(H2,22,23,24). The Bertz CT molecular complexity index is 728. The quantitative estimate of drug-likeness (QED) is 0.549. The van der Waals surface area contributed by atoms with Gasteiger partial charge in [0.2, 0.25) is 0 Å². The van der Waals surface area contributed by atoms with Crippen LogP contribution in [0.5, 0.6) is 0 Å². The molecule has 0 heterocycles. The second-order valence-corrected chi connectivity index (χ2v) is 5.94. The highest BCUT2D eigenvalue weighted by Crippen LogP contribution is 2.10. The van der Waals surface area contributed by atoms with E-state index in [1.54, 1.807) is 14.1 Å². The SMILES string of the molecule is CN=C(NCCc1cccc(Cl)c1)NCc1ccc(C(=O)NC)cc1. The van der Waals surface area contributed by atoms with Crippen molar-refractivity contribution in [1.29, 1.82) is 0 Å². The largest absolute Gasteiger partial charge is 0.356 e. The zero-order valence-electron chi connectivity index (χ0n) is 14.5. The van der Waals surface area contributed by atoms with Gasteiger partial charge in [-0.3, -0.25) is 9.79 Å². The second kappa shape index (κ2) is 9.69. The molecular formula is C19H23ClN4O. The summed E-state index contributed by atoms with van der Waals surface area (Å²) in [6.07, 6.45) is 0.863. The van der Waals surface area contributed by atoms with Gasteiger partial charge in [0.1, 0.15) is 0 Å². The highest BCUT2D eigenvalue weighted by molar-refractivity contribution is 6.30. The fraction of sp³-hybridized carbons (Fsp3) is 0.263. The summed E-state index contributed by atoms with van der Waals surface area (Å²) in [6.45, 7) is 1.39. The van der Waals surface area contributed by atoms with E-state index in [9.17, 15) is 4.79 Å². The minimum absolute atomic E-state index is 0.0852. The number of carbonyl (C=O) groups excluding carboxylic acids is 1. The first-order chi connectivity index (χ1) is 12.1. The van der Waals surface area contributed by atoms with E-state index in [2.05, 4.69) is 27.0 Å². The first-order valence-electron chi connectivity index (χ1n) is 8.12. The van der Waals surface area contributed by atoms with E-state index in [0.717, 1.165) is 29.5 Å². The van der Waals surface area contributed by atoms with Gasteiger partial charge in [-0.15, -0.1) is 0 Å². The maximum Gasteiger partial charge on any atom is 0.251 e. The van der Waals surface area contributed by atoms with Crippen LogP contribution in [0.25, 0.3) is 0 Å². The monoisotopic (exact) mass is 358 g/mol. The zero-order valence-corrected chi connectivity index (χ0v) is 15.2. The number of guanidine groups is 1. The molecule has 0 fully saturated rings. The Balaban J connectivity index is 1.79. The minimum atomic E-state index is -0.0852. The van der Waals surface area contributed by atoms with Crippen molar-refractivity contribution in [2.45, 2.75) is 13.0 Å². The molecule has 0 aromatic heterocycles. The van der Waals surface area contributed by atoms with Crippen molar-refractivity contribution >= 4 is 23.5 Å². The molecule has 2 aromatic carbocycles. The van der Waals surface area contributed by atoms with Crippen LogP contribution in [-0.4, -0.2) is 32.5 Å². The maximum absolute atomic E-state index is 11.5. The van der Waals surface area contributed by atoms with Crippen molar-refractivity contribution in [3.63, 3.8) is 0 Å². The van der Waals surface area contributed by atoms with Gasteiger partial charge in [-0.2, -0.15) is 0 Å². The van der Waals surface area contributed by atoms with Gasteiger partial charge >= 0.3 is 0 Å². The molecular weight excluding hydrogens is 336 g/mol. The van der Waals surface area contributed by atoms with Crippen LogP contribution in [0.2, 0.25) is 5.02 Å². The van der Waals surface area contributed by atoms with E-state index >= 15 is 0 Å². The molecule has 0 bridgehead atoms. The summed E-state index contributed by atoms with van der Waals surface area (Å²) < 4.78 is 0. The number of halogens is 1. The van der Waals surface area contributed by atoms with Crippen LogP contribution < -0.4 is 16.0 Å². The lowest BCUT2D eigenvalue weighted by Gasteiger charge is -2.12. The summed E-state index contributed by atoms with van der Waals surface area (Å²) in [5.41, 5.74) is 2.90. The number of hydrogen-bond donors (Lipinski definition) is 3. The van der Waals surface area contributed by atoms with Crippen LogP contribution in [-0.2, 0) is 13.0 Å². The molecule has 0 saturated heterocycles. The predicted octanol–water partition coefficient (Wildman–Crippen LogP) is 2.61. The number of aliphatic imine (C=N–C) groups is 1. The molecule has 0 spiro atoms. The van der Waals surface area contributed by atoms with Crippen molar-refractivity contribution in [1.82, 2.24) is 16.0 Å². The molecule has 6 heteroatoms. The third kappa shape index (κ3) is 6.12. The van der Waals surface area contributed by atoms with Crippen LogP contribution in [0.15, 0.2) is 53.5 Å². The highest BCUT2D eigenvalue weighted by atomic mass is 35.5. The summed E-state index contributed by atoms with van der Waals surface area (Å²) >= 11 is 5.99. The number of carbonyl (C=O) groups is 1. The summed E-state index contributed by atoms with van der Waals surface area (Å²) in [7, 11) is 3.36. The van der Waals surface area contributed by atoms with E-state index in [0.29, 0.717) is 12.1 Å². The molecule has 25 heavy (non-hydrogen) atoms. The number of rotatable bonds is 6. The zero-order chi connectivity index (χ0) is 18.1. The molecule has 5 nitrogen and oxygen atoms in total. The first-order valence-corrected chi connectivity index (χ1v) is 8.50. The summed E-state index contributed by atoms with van der Waals surface area (Å²) in [5.74, 6) is 0.649. The van der Waals surface area contributed by atoms with Gasteiger partial charge in [-0.25, -0.2) is 0 Å². The summed E-state index contributed by atoms with van der Waals surface area (Å²) in [4.78, 5) is 15.7. The Labute approximate surface area is 153 Å². The van der Waals surface area contributed by atoms with E-state index < -0.39 is 0 Å².